The van der Waals surface area contributed by atoms with Crippen LogP contribution in [0.3, 0.4) is 0 Å². The molecule has 2 atom stereocenters. The van der Waals surface area contributed by atoms with Gasteiger partial charge in [-0.1, -0.05) is 50.3 Å². The molecule has 102 valence electrons. The van der Waals surface area contributed by atoms with Crippen LogP contribution < -0.4 is 5.46 Å². The summed E-state index contributed by atoms with van der Waals surface area (Å²) in [6, 6.07) is 7.50. The molecule has 0 heterocycles. The maximum Gasteiger partial charge on any atom is 0.488 e. The molecule has 2 N–H and O–H groups in total. The molecule has 2 rings (SSSR count). The van der Waals surface area contributed by atoms with Crippen LogP contribution in [0.25, 0.3) is 0 Å². The van der Waals surface area contributed by atoms with Crippen LogP contribution in [0.1, 0.15) is 38.7 Å². The van der Waals surface area contributed by atoms with E-state index >= 15 is 0 Å². The van der Waals surface area contributed by atoms with Gasteiger partial charge in [0.25, 0.3) is 0 Å². The Hall–Kier alpha value is -1.06. The van der Waals surface area contributed by atoms with Crippen molar-refractivity contribution >= 4 is 12.6 Å². The highest BCUT2D eigenvalue weighted by atomic mass is 16.4. The molecule has 1 aliphatic carbocycles. The highest BCUT2D eigenvalue weighted by Crippen LogP contribution is 2.57. The molecule has 0 unspecified atom stereocenters. The van der Waals surface area contributed by atoms with Gasteiger partial charge < -0.3 is 10.0 Å². The average molecular weight is 258 g/mol. The van der Waals surface area contributed by atoms with Crippen molar-refractivity contribution < 1.29 is 10.0 Å². The van der Waals surface area contributed by atoms with E-state index in [1.165, 1.54) is 17.6 Å². The molecule has 0 aromatic heterocycles. The van der Waals surface area contributed by atoms with Crippen LogP contribution in [-0.2, 0) is 6.42 Å². The van der Waals surface area contributed by atoms with Crippen LogP contribution >= 0.6 is 0 Å². The summed E-state index contributed by atoms with van der Waals surface area (Å²) in [4.78, 5) is 0. The second-order valence-corrected chi connectivity index (χ2v) is 6.09. The van der Waals surface area contributed by atoms with E-state index < -0.39 is 7.12 Å². The van der Waals surface area contributed by atoms with Gasteiger partial charge in [0, 0.05) is 0 Å². The average Bonchev–Trinajstić information content (AvgIpc) is 2.99. The number of aryl methyl sites for hydroxylation is 1. The van der Waals surface area contributed by atoms with Gasteiger partial charge in [-0.25, -0.2) is 0 Å². The standard InChI is InChI=1S/C16H23BO2/c1-12(16(3)11-13(16)2)5-4-6-14-7-9-15(10-8-14)17(18)19/h7-10,13,18-19H,1,4-6,11H2,2-3H3/t13-,16-/m0/s1. The minimum absolute atomic E-state index is 0.394. The number of rotatable bonds is 6. The highest BCUT2D eigenvalue weighted by molar-refractivity contribution is 6.58. The maximum absolute atomic E-state index is 9.03. The van der Waals surface area contributed by atoms with E-state index in [2.05, 4.69) is 20.4 Å². The Morgan fingerprint density at radius 2 is 1.95 bits per heavy atom. The predicted molar refractivity (Wildman–Crippen MR) is 80.2 cm³/mol. The van der Waals surface area contributed by atoms with Crippen LogP contribution in [0.15, 0.2) is 36.4 Å². The fraction of sp³-hybridized carbons (Fsp3) is 0.500. The monoisotopic (exact) mass is 258 g/mol. The van der Waals surface area contributed by atoms with Crippen molar-refractivity contribution in [3.63, 3.8) is 0 Å². The predicted octanol–water partition coefficient (Wildman–Crippen LogP) is 2.29. The molecular formula is C16H23BO2. The van der Waals surface area contributed by atoms with Gasteiger partial charge >= 0.3 is 7.12 Å². The zero-order valence-corrected chi connectivity index (χ0v) is 11.9. The fourth-order valence-electron chi connectivity index (χ4n) is 2.72. The summed E-state index contributed by atoms with van der Waals surface area (Å²) in [6.07, 6.45) is 4.51. The van der Waals surface area contributed by atoms with Crippen LogP contribution in [0.5, 0.6) is 0 Å². The molecule has 0 radical (unpaired) electrons. The smallest absolute Gasteiger partial charge is 0.423 e. The van der Waals surface area contributed by atoms with Crippen molar-refractivity contribution in [2.45, 2.75) is 39.5 Å². The largest absolute Gasteiger partial charge is 0.488 e. The number of allylic oxidation sites excluding steroid dienone is 1. The lowest BCUT2D eigenvalue weighted by Gasteiger charge is -2.14. The van der Waals surface area contributed by atoms with Gasteiger partial charge in [-0.05, 0) is 48.0 Å². The van der Waals surface area contributed by atoms with Crippen molar-refractivity contribution in [3.8, 4) is 0 Å². The summed E-state index contributed by atoms with van der Waals surface area (Å²) in [6.45, 7) is 8.85. The molecule has 1 aromatic rings. The molecule has 0 bridgehead atoms. The molecule has 2 nitrogen and oxygen atoms in total. The molecule has 1 saturated carbocycles. The van der Waals surface area contributed by atoms with E-state index in [9.17, 15) is 0 Å². The third-order valence-corrected chi connectivity index (χ3v) is 4.69. The molecule has 0 amide bonds. The van der Waals surface area contributed by atoms with Crippen LogP contribution in [0.2, 0.25) is 0 Å². The van der Waals surface area contributed by atoms with Gasteiger partial charge in [-0.2, -0.15) is 0 Å². The summed E-state index contributed by atoms with van der Waals surface area (Å²) < 4.78 is 0. The summed E-state index contributed by atoms with van der Waals surface area (Å²) in [5.41, 5.74) is 3.58. The Morgan fingerprint density at radius 3 is 2.42 bits per heavy atom. The molecular weight excluding hydrogens is 235 g/mol. The fourth-order valence-corrected chi connectivity index (χ4v) is 2.72. The third kappa shape index (κ3) is 3.28. The van der Waals surface area contributed by atoms with Gasteiger partial charge in [0.15, 0.2) is 0 Å². The summed E-state index contributed by atoms with van der Waals surface area (Å²) in [5.74, 6) is 0.797. The first-order valence-corrected chi connectivity index (χ1v) is 7.06. The van der Waals surface area contributed by atoms with Gasteiger partial charge in [-0.15, -0.1) is 0 Å². The molecule has 0 aliphatic heterocycles. The molecule has 1 aromatic carbocycles. The summed E-state index contributed by atoms with van der Waals surface area (Å²) in [5, 5.41) is 18.1. The minimum atomic E-state index is -1.37. The molecule has 1 fully saturated rings. The normalized spacial score (nSPS) is 25.2. The van der Waals surface area contributed by atoms with E-state index in [1.807, 2.05) is 12.1 Å². The lowest BCUT2D eigenvalue weighted by molar-refractivity contribution is 0.426. The lowest BCUT2D eigenvalue weighted by atomic mass is 9.80. The molecule has 0 saturated heterocycles. The first kappa shape index (κ1) is 14.4. The topological polar surface area (TPSA) is 40.5 Å². The van der Waals surface area contributed by atoms with Crippen LogP contribution in [0.4, 0.5) is 0 Å². The van der Waals surface area contributed by atoms with E-state index in [0.717, 1.165) is 25.2 Å². The van der Waals surface area contributed by atoms with Crippen LogP contribution in [-0.4, -0.2) is 17.2 Å². The van der Waals surface area contributed by atoms with Gasteiger partial charge in [0.2, 0.25) is 0 Å². The van der Waals surface area contributed by atoms with Crippen molar-refractivity contribution in [2.75, 3.05) is 0 Å². The summed E-state index contributed by atoms with van der Waals surface area (Å²) >= 11 is 0. The lowest BCUT2D eigenvalue weighted by Crippen LogP contribution is -2.29. The molecule has 3 heteroatoms. The van der Waals surface area contributed by atoms with Crippen molar-refractivity contribution in [3.05, 3.63) is 42.0 Å². The second-order valence-electron chi connectivity index (χ2n) is 6.09. The SMILES string of the molecule is C=C(CCCc1ccc(B(O)O)cc1)[C@]1(C)C[C@@H]1C. The Kier molecular flexibility index (Phi) is 4.17. The number of benzene rings is 1. The van der Waals surface area contributed by atoms with E-state index in [4.69, 9.17) is 10.0 Å². The summed E-state index contributed by atoms with van der Waals surface area (Å²) in [7, 11) is -1.37. The maximum atomic E-state index is 9.03. The molecule has 0 spiro atoms. The van der Waals surface area contributed by atoms with Crippen molar-refractivity contribution in [1.82, 2.24) is 0 Å². The van der Waals surface area contributed by atoms with Crippen LogP contribution in [0, 0.1) is 11.3 Å². The van der Waals surface area contributed by atoms with Crippen molar-refractivity contribution in [1.29, 1.82) is 0 Å². The zero-order chi connectivity index (χ0) is 14.0. The Morgan fingerprint density at radius 1 is 1.37 bits per heavy atom. The molecule has 1 aliphatic rings. The van der Waals surface area contributed by atoms with Gasteiger partial charge in [-0.3, -0.25) is 0 Å². The highest BCUT2D eigenvalue weighted by Gasteiger charge is 2.47. The number of hydrogen-bond donors (Lipinski definition) is 2. The quantitative estimate of drug-likeness (QED) is 0.607. The first-order chi connectivity index (χ1) is 8.93. The van der Waals surface area contributed by atoms with Crippen molar-refractivity contribution in [2.24, 2.45) is 11.3 Å². The Labute approximate surface area is 116 Å². The first-order valence-electron chi connectivity index (χ1n) is 7.06. The van der Waals surface area contributed by atoms with E-state index in [1.54, 1.807) is 12.1 Å². The van der Waals surface area contributed by atoms with Gasteiger partial charge in [0.1, 0.15) is 0 Å². The Bertz CT molecular complexity index is 452. The number of hydrogen-bond acceptors (Lipinski definition) is 2. The minimum Gasteiger partial charge on any atom is -0.423 e. The second kappa shape index (κ2) is 5.52. The van der Waals surface area contributed by atoms with E-state index in [0.29, 0.717) is 10.9 Å². The zero-order valence-electron chi connectivity index (χ0n) is 11.9. The molecule has 19 heavy (non-hydrogen) atoms. The Balaban J connectivity index is 1.78. The van der Waals surface area contributed by atoms with E-state index in [-0.39, 0.29) is 0 Å². The van der Waals surface area contributed by atoms with Gasteiger partial charge in [0.05, 0.1) is 0 Å². The third-order valence-electron chi connectivity index (χ3n) is 4.69.